The van der Waals surface area contributed by atoms with Gasteiger partial charge in [-0.1, -0.05) is 12.1 Å². The van der Waals surface area contributed by atoms with Crippen LogP contribution in [-0.2, 0) is 20.8 Å². The Labute approximate surface area is 178 Å². The molecule has 3 fully saturated rings. The summed E-state index contributed by atoms with van der Waals surface area (Å²) in [6.45, 7) is 6.30. The number of rotatable bonds is 7. The van der Waals surface area contributed by atoms with E-state index in [1.165, 1.54) is 0 Å². The van der Waals surface area contributed by atoms with Crippen LogP contribution in [0.5, 0.6) is 11.5 Å². The molecule has 0 radical (unpaired) electrons. The van der Waals surface area contributed by atoms with Crippen LogP contribution in [0.4, 0.5) is 0 Å². The molecular formula is C23H34N2O5. The third-order valence-corrected chi connectivity index (χ3v) is 6.61. The van der Waals surface area contributed by atoms with Crippen LogP contribution in [0.25, 0.3) is 0 Å². The summed E-state index contributed by atoms with van der Waals surface area (Å²) in [7, 11) is 0. The molecule has 1 spiro atoms. The van der Waals surface area contributed by atoms with Crippen LogP contribution in [0, 0.1) is 0 Å². The lowest BCUT2D eigenvalue weighted by Gasteiger charge is -2.39. The first kappa shape index (κ1) is 21.4. The molecule has 0 aliphatic carbocycles. The van der Waals surface area contributed by atoms with E-state index in [0.717, 1.165) is 57.2 Å². The normalized spacial score (nSPS) is 26.2. The number of hydrogen-bond donors (Lipinski definition) is 2. The van der Waals surface area contributed by atoms with Crippen molar-refractivity contribution >= 4 is 5.91 Å². The van der Waals surface area contributed by atoms with Crippen molar-refractivity contribution in [2.75, 3.05) is 32.8 Å². The fraction of sp³-hybridized carbons (Fsp3) is 0.696. The van der Waals surface area contributed by atoms with Gasteiger partial charge in [-0.2, -0.15) is 0 Å². The lowest BCUT2D eigenvalue weighted by molar-refractivity contribution is -0.131. The Balaban J connectivity index is 1.23. The zero-order chi connectivity index (χ0) is 21.0. The number of ether oxygens (including phenoxy) is 3. The van der Waals surface area contributed by atoms with E-state index in [1.807, 2.05) is 19.1 Å². The minimum atomic E-state index is -0.277. The summed E-state index contributed by atoms with van der Waals surface area (Å²) in [5.74, 6) is 0.801. The number of phenolic OH excluding ortho intramolecular Hbond substituents is 1. The maximum absolute atomic E-state index is 12.2. The number of carbonyl (C=O) groups is 1. The Bertz CT molecular complexity index is 726. The maximum atomic E-state index is 12.2. The molecule has 30 heavy (non-hydrogen) atoms. The zero-order valence-electron chi connectivity index (χ0n) is 17.9. The summed E-state index contributed by atoms with van der Waals surface area (Å²) in [5.41, 5.74) is 0.837. The molecule has 2 atom stereocenters. The molecule has 0 unspecified atom stereocenters. The first-order valence-electron chi connectivity index (χ1n) is 11.3. The van der Waals surface area contributed by atoms with Gasteiger partial charge in [0.25, 0.3) is 0 Å². The number of nitrogens with zero attached hydrogens (tertiary/aromatic N) is 1. The number of phenols is 1. The van der Waals surface area contributed by atoms with Crippen molar-refractivity contribution in [1.82, 2.24) is 10.2 Å². The highest BCUT2D eigenvalue weighted by molar-refractivity contribution is 5.80. The van der Waals surface area contributed by atoms with Gasteiger partial charge >= 0.3 is 0 Å². The van der Waals surface area contributed by atoms with E-state index in [9.17, 15) is 9.90 Å². The topological polar surface area (TPSA) is 80.3 Å². The summed E-state index contributed by atoms with van der Waals surface area (Å²) < 4.78 is 17.4. The number of amides is 1. The van der Waals surface area contributed by atoms with Crippen molar-refractivity contribution in [3.05, 3.63) is 23.8 Å². The Morgan fingerprint density at radius 1 is 1.30 bits per heavy atom. The second-order valence-corrected chi connectivity index (χ2v) is 8.68. The first-order valence-corrected chi connectivity index (χ1v) is 11.3. The smallest absolute Gasteiger partial charge is 0.249 e. The van der Waals surface area contributed by atoms with Gasteiger partial charge in [0.1, 0.15) is 6.10 Å². The quantitative estimate of drug-likeness (QED) is 0.709. The van der Waals surface area contributed by atoms with E-state index in [4.69, 9.17) is 14.2 Å². The minimum absolute atomic E-state index is 0.000889. The highest BCUT2D eigenvalue weighted by Gasteiger charge is 2.42. The van der Waals surface area contributed by atoms with Gasteiger partial charge in [-0.25, -0.2) is 0 Å². The predicted molar refractivity (Wildman–Crippen MR) is 113 cm³/mol. The van der Waals surface area contributed by atoms with Crippen molar-refractivity contribution < 1.29 is 24.1 Å². The molecule has 3 aliphatic rings. The molecule has 7 heteroatoms. The number of benzene rings is 1. The van der Waals surface area contributed by atoms with E-state index in [0.29, 0.717) is 32.1 Å². The zero-order valence-corrected chi connectivity index (χ0v) is 17.9. The molecule has 0 aromatic heterocycles. The van der Waals surface area contributed by atoms with E-state index in [2.05, 4.69) is 10.2 Å². The number of carbonyl (C=O) groups excluding carboxylic acids is 1. The second-order valence-electron chi connectivity index (χ2n) is 8.68. The van der Waals surface area contributed by atoms with Crippen LogP contribution in [-0.4, -0.2) is 66.6 Å². The van der Waals surface area contributed by atoms with Gasteiger partial charge < -0.3 is 24.6 Å². The van der Waals surface area contributed by atoms with Crippen LogP contribution >= 0.6 is 0 Å². The monoisotopic (exact) mass is 418 g/mol. The Kier molecular flexibility index (Phi) is 6.80. The molecule has 7 nitrogen and oxygen atoms in total. The average molecular weight is 419 g/mol. The second kappa shape index (κ2) is 9.54. The van der Waals surface area contributed by atoms with Crippen molar-refractivity contribution in [2.45, 2.75) is 69.8 Å². The highest BCUT2D eigenvalue weighted by atomic mass is 16.5. The van der Waals surface area contributed by atoms with Crippen molar-refractivity contribution in [3.63, 3.8) is 0 Å². The Hall–Kier alpha value is -1.83. The molecule has 0 saturated carbocycles. The van der Waals surface area contributed by atoms with Crippen molar-refractivity contribution in [2.24, 2.45) is 0 Å². The lowest BCUT2D eigenvalue weighted by Crippen LogP contribution is -2.45. The van der Waals surface area contributed by atoms with Gasteiger partial charge in [0.15, 0.2) is 11.5 Å². The molecule has 1 aromatic rings. The molecule has 3 saturated heterocycles. The molecule has 2 N–H and O–H groups in total. The van der Waals surface area contributed by atoms with Gasteiger partial charge in [0, 0.05) is 38.3 Å². The minimum Gasteiger partial charge on any atom is -0.504 e. The summed E-state index contributed by atoms with van der Waals surface area (Å²) in [5, 5.41) is 13.5. The largest absolute Gasteiger partial charge is 0.504 e. The van der Waals surface area contributed by atoms with Crippen LogP contribution in [0.3, 0.4) is 0 Å². The Morgan fingerprint density at radius 3 is 2.87 bits per heavy atom. The number of piperidine rings is 1. The van der Waals surface area contributed by atoms with Gasteiger partial charge in [-0.15, -0.1) is 0 Å². The number of aromatic hydroxyl groups is 1. The first-order chi connectivity index (χ1) is 14.6. The van der Waals surface area contributed by atoms with Crippen molar-refractivity contribution in [3.8, 4) is 11.5 Å². The van der Waals surface area contributed by atoms with Gasteiger partial charge in [-0.05, 0) is 51.5 Å². The van der Waals surface area contributed by atoms with E-state index in [1.54, 1.807) is 6.07 Å². The van der Waals surface area contributed by atoms with Gasteiger partial charge in [0.2, 0.25) is 5.91 Å². The molecular weight excluding hydrogens is 384 g/mol. The number of nitrogens with one attached hydrogen (secondary N) is 1. The third kappa shape index (κ3) is 4.90. The summed E-state index contributed by atoms with van der Waals surface area (Å²) >= 11 is 0. The number of para-hydroxylation sites is 1. The molecule has 1 amide bonds. The fourth-order valence-corrected chi connectivity index (χ4v) is 4.85. The molecule has 4 rings (SSSR count). The Morgan fingerprint density at radius 2 is 2.13 bits per heavy atom. The molecule has 3 heterocycles. The van der Waals surface area contributed by atoms with Gasteiger partial charge in [0.05, 0.1) is 18.3 Å². The summed E-state index contributed by atoms with van der Waals surface area (Å²) in [6.07, 6.45) is 5.60. The fourth-order valence-electron chi connectivity index (χ4n) is 4.85. The van der Waals surface area contributed by atoms with E-state index in [-0.39, 0.29) is 29.5 Å². The van der Waals surface area contributed by atoms with Crippen LogP contribution in [0.1, 0.15) is 51.0 Å². The highest BCUT2D eigenvalue weighted by Crippen LogP contribution is 2.39. The molecule has 0 bridgehead atoms. The third-order valence-electron chi connectivity index (χ3n) is 6.61. The standard InChI is InChI=1S/C23H34N2O5/c1-2-28-19-6-3-5-17(21(19)26)16-25-12-10-23(11-13-25)9-8-18(30-23)15-24-22(27)20-7-4-14-29-20/h3,5-6,18,20,26H,2,4,7-16H2,1H3,(H,24,27)/t18-,20-/m1/s1. The number of likely N-dealkylation sites (tertiary alicyclic amines) is 1. The van der Waals surface area contributed by atoms with E-state index >= 15 is 0 Å². The molecule has 1 aromatic carbocycles. The molecule has 166 valence electrons. The summed E-state index contributed by atoms with van der Waals surface area (Å²) in [6, 6.07) is 5.69. The van der Waals surface area contributed by atoms with Crippen LogP contribution in [0.2, 0.25) is 0 Å². The van der Waals surface area contributed by atoms with Gasteiger partial charge in [-0.3, -0.25) is 9.69 Å². The lowest BCUT2D eigenvalue weighted by atomic mass is 9.88. The van der Waals surface area contributed by atoms with E-state index < -0.39 is 0 Å². The average Bonchev–Trinajstić information content (AvgIpc) is 3.42. The van der Waals surface area contributed by atoms with Crippen molar-refractivity contribution in [1.29, 1.82) is 0 Å². The SMILES string of the molecule is CCOc1cccc(CN2CCC3(CC[C@H](CNC(=O)[C@H]4CCCO4)O3)CC2)c1O. The predicted octanol–water partition coefficient (Wildman–Crippen LogP) is 2.60. The maximum Gasteiger partial charge on any atom is 0.249 e. The van der Waals surface area contributed by atoms with Crippen LogP contribution in [0.15, 0.2) is 18.2 Å². The summed E-state index contributed by atoms with van der Waals surface area (Å²) in [4.78, 5) is 14.5. The molecule has 3 aliphatic heterocycles. The van der Waals surface area contributed by atoms with Crippen LogP contribution < -0.4 is 10.1 Å². The number of hydrogen-bond acceptors (Lipinski definition) is 6.